The van der Waals surface area contributed by atoms with E-state index in [-0.39, 0.29) is 5.56 Å². The number of ether oxygens (including phenoxy) is 1. The fourth-order valence-corrected chi connectivity index (χ4v) is 1.71. The van der Waals surface area contributed by atoms with Crippen molar-refractivity contribution in [3.8, 4) is 5.75 Å². The first-order chi connectivity index (χ1) is 9.71. The van der Waals surface area contributed by atoms with Gasteiger partial charge in [0.2, 0.25) is 0 Å². The van der Waals surface area contributed by atoms with E-state index >= 15 is 0 Å². The van der Waals surface area contributed by atoms with E-state index in [0.717, 1.165) is 6.07 Å². The van der Waals surface area contributed by atoms with Crippen LogP contribution < -0.4 is 4.74 Å². The molecule has 0 fully saturated rings. The summed E-state index contributed by atoms with van der Waals surface area (Å²) in [5.41, 5.74) is 1.29. The highest BCUT2D eigenvalue weighted by Crippen LogP contribution is 2.49. The van der Waals surface area contributed by atoms with Crippen LogP contribution in [-0.2, 0) is 4.79 Å². The van der Waals surface area contributed by atoms with Gasteiger partial charge in [0.15, 0.2) is 0 Å². The summed E-state index contributed by atoms with van der Waals surface area (Å²) in [6, 6.07) is 2.79. The third-order valence-electron chi connectivity index (χ3n) is 3.03. The van der Waals surface area contributed by atoms with E-state index < -0.39 is 28.9 Å². The Morgan fingerprint density at radius 1 is 1.00 bits per heavy atom. The highest BCUT2D eigenvalue weighted by atomic mass is 35.5. The Bertz CT molecular complexity index is 577. The van der Waals surface area contributed by atoms with Gasteiger partial charge in [-0.2, -0.15) is 26.3 Å². The highest BCUT2D eigenvalue weighted by Gasteiger charge is 2.76. The van der Waals surface area contributed by atoms with Gasteiger partial charge in [0.1, 0.15) is 5.75 Å². The smallest absolute Gasteiger partial charge is 0.424 e. The van der Waals surface area contributed by atoms with Gasteiger partial charge in [0.25, 0.3) is 0 Å². The standard InChI is InChI=1S/C13H11ClF6O2/c1-6-4-7(2)8(3)9(5-6)22-10(21)11(14,12(15,16)17)13(18,19)20/h4-5H,1-3H3. The lowest BCUT2D eigenvalue weighted by molar-refractivity contribution is -0.265. The Morgan fingerprint density at radius 2 is 1.45 bits per heavy atom. The lowest BCUT2D eigenvalue weighted by Crippen LogP contribution is -2.59. The zero-order chi connectivity index (χ0) is 17.5. The van der Waals surface area contributed by atoms with Crippen LogP contribution in [0.15, 0.2) is 12.1 Å². The summed E-state index contributed by atoms with van der Waals surface area (Å²) >= 11 is 4.60. The first-order valence-electron chi connectivity index (χ1n) is 5.84. The molecule has 0 aromatic heterocycles. The van der Waals surface area contributed by atoms with E-state index in [2.05, 4.69) is 16.3 Å². The van der Waals surface area contributed by atoms with Crippen molar-refractivity contribution >= 4 is 17.6 Å². The number of rotatable bonds is 2. The van der Waals surface area contributed by atoms with Crippen molar-refractivity contribution in [3.63, 3.8) is 0 Å². The van der Waals surface area contributed by atoms with Crippen LogP contribution in [0.5, 0.6) is 5.75 Å². The van der Waals surface area contributed by atoms with E-state index in [4.69, 9.17) is 0 Å². The van der Waals surface area contributed by atoms with E-state index in [1.54, 1.807) is 19.9 Å². The number of hydrogen-bond acceptors (Lipinski definition) is 2. The Kier molecular flexibility index (Phi) is 4.77. The molecule has 0 aliphatic carbocycles. The molecule has 0 radical (unpaired) electrons. The lowest BCUT2D eigenvalue weighted by atomic mass is 10.1. The molecule has 0 spiro atoms. The highest BCUT2D eigenvalue weighted by molar-refractivity contribution is 6.35. The molecule has 9 heteroatoms. The van der Waals surface area contributed by atoms with Crippen molar-refractivity contribution in [2.45, 2.75) is 38.0 Å². The molecule has 0 amide bonds. The van der Waals surface area contributed by atoms with E-state index in [0.29, 0.717) is 11.1 Å². The topological polar surface area (TPSA) is 26.3 Å². The molecule has 1 rings (SSSR count). The van der Waals surface area contributed by atoms with Crippen LogP contribution >= 0.6 is 11.6 Å². The summed E-state index contributed by atoms with van der Waals surface area (Å²) in [7, 11) is 0. The molecule has 0 aliphatic heterocycles. The second kappa shape index (κ2) is 5.64. The molecule has 0 saturated carbocycles. The van der Waals surface area contributed by atoms with Gasteiger partial charge in [0, 0.05) is 0 Å². The monoisotopic (exact) mass is 348 g/mol. The Hall–Kier alpha value is -1.44. The molecule has 0 aliphatic rings. The fourth-order valence-electron chi connectivity index (χ4n) is 1.67. The van der Waals surface area contributed by atoms with Gasteiger partial charge in [0.05, 0.1) is 0 Å². The summed E-state index contributed by atoms with van der Waals surface area (Å²) in [6.07, 6.45) is -12.1. The summed E-state index contributed by atoms with van der Waals surface area (Å²) in [5, 5.41) is 0. The molecular formula is C13H11ClF6O2. The zero-order valence-electron chi connectivity index (χ0n) is 11.6. The average molecular weight is 349 g/mol. The molecule has 1 aromatic carbocycles. The third kappa shape index (κ3) is 3.16. The quantitative estimate of drug-likeness (QED) is 0.337. The van der Waals surface area contributed by atoms with Crippen molar-refractivity contribution in [1.29, 1.82) is 0 Å². The van der Waals surface area contributed by atoms with Crippen LogP contribution in [-0.4, -0.2) is 23.2 Å². The molecule has 22 heavy (non-hydrogen) atoms. The molecule has 0 atom stereocenters. The normalized spacial score (nSPS) is 13.2. The maximum absolute atomic E-state index is 12.7. The maximum atomic E-state index is 12.7. The minimum absolute atomic E-state index is 0.238. The number of aryl methyl sites for hydroxylation is 2. The Balaban J connectivity index is 3.31. The van der Waals surface area contributed by atoms with Gasteiger partial charge in [-0.25, -0.2) is 4.79 Å². The molecule has 124 valence electrons. The molecule has 2 nitrogen and oxygen atoms in total. The van der Waals surface area contributed by atoms with Crippen LogP contribution in [0.1, 0.15) is 16.7 Å². The summed E-state index contributed by atoms with van der Waals surface area (Å²) < 4.78 is 80.3. The number of carbonyl (C=O) groups excluding carboxylic acids is 1. The first-order valence-corrected chi connectivity index (χ1v) is 6.22. The number of carbonyl (C=O) groups is 1. The number of hydrogen-bond donors (Lipinski definition) is 0. The van der Waals surface area contributed by atoms with Crippen molar-refractivity contribution in [2.75, 3.05) is 0 Å². The number of alkyl halides is 7. The first kappa shape index (κ1) is 18.6. The fraction of sp³-hybridized carbons (Fsp3) is 0.462. The van der Waals surface area contributed by atoms with Crippen LogP contribution in [0.4, 0.5) is 26.3 Å². The number of benzene rings is 1. The molecule has 1 aromatic rings. The SMILES string of the molecule is Cc1cc(C)c(C)c(OC(=O)C(Cl)(C(F)(F)F)C(F)(F)F)c1. The summed E-state index contributed by atoms with van der Waals surface area (Å²) in [4.78, 5) is 6.39. The van der Waals surface area contributed by atoms with Gasteiger partial charge in [-0.15, -0.1) is 0 Å². The number of halogens is 7. The van der Waals surface area contributed by atoms with E-state index in [1.165, 1.54) is 6.92 Å². The van der Waals surface area contributed by atoms with Crippen LogP contribution in [0.25, 0.3) is 0 Å². The third-order valence-corrected chi connectivity index (χ3v) is 3.61. The van der Waals surface area contributed by atoms with Crippen LogP contribution in [0, 0.1) is 20.8 Å². The molecule has 0 bridgehead atoms. The minimum Gasteiger partial charge on any atom is -0.424 e. The van der Waals surface area contributed by atoms with Gasteiger partial charge >= 0.3 is 23.2 Å². The van der Waals surface area contributed by atoms with Crippen molar-refractivity contribution in [1.82, 2.24) is 0 Å². The lowest BCUT2D eigenvalue weighted by Gasteiger charge is -2.29. The molecule has 0 N–H and O–H groups in total. The summed E-state index contributed by atoms with van der Waals surface area (Å²) in [5.74, 6) is -3.04. The zero-order valence-corrected chi connectivity index (χ0v) is 12.4. The van der Waals surface area contributed by atoms with Crippen molar-refractivity contribution in [3.05, 3.63) is 28.8 Å². The summed E-state index contributed by atoms with van der Waals surface area (Å²) in [6.45, 7) is 4.51. The van der Waals surface area contributed by atoms with Gasteiger partial charge in [-0.1, -0.05) is 17.7 Å². The molecule has 0 unspecified atom stereocenters. The average Bonchev–Trinajstić information content (AvgIpc) is 2.31. The Morgan fingerprint density at radius 3 is 1.86 bits per heavy atom. The van der Waals surface area contributed by atoms with Crippen molar-refractivity contribution < 1.29 is 35.9 Å². The van der Waals surface area contributed by atoms with Crippen molar-refractivity contribution in [2.24, 2.45) is 0 Å². The maximum Gasteiger partial charge on any atom is 0.427 e. The van der Waals surface area contributed by atoms with Crippen LogP contribution in [0.2, 0.25) is 0 Å². The second-order valence-corrected chi connectivity index (χ2v) is 5.32. The van der Waals surface area contributed by atoms with Gasteiger partial charge in [-0.05, 0) is 43.5 Å². The predicted octanol–water partition coefficient (Wildman–Crippen LogP) is 4.62. The Labute approximate surface area is 127 Å². The second-order valence-electron chi connectivity index (χ2n) is 4.75. The molecular weight excluding hydrogens is 338 g/mol. The van der Waals surface area contributed by atoms with Gasteiger partial charge < -0.3 is 4.74 Å². The van der Waals surface area contributed by atoms with Gasteiger partial charge in [-0.3, -0.25) is 0 Å². The van der Waals surface area contributed by atoms with E-state index in [1.807, 2.05) is 0 Å². The number of esters is 1. The predicted molar refractivity (Wildman–Crippen MR) is 67.0 cm³/mol. The molecule has 0 saturated heterocycles. The van der Waals surface area contributed by atoms with E-state index in [9.17, 15) is 31.1 Å². The minimum atomic E-state index is -6.06. The largest absolute Gasteiger partial charge is 0.427 e. The van der Waals surface area contributed by atoms with Crippen LogP contribution in [0.3, 0.4) is 0 Å². The molecule has 0 heterocycles.